The van der Waals surface area contributed by atoms with Gasteiger partial charge in [-0.1, -0.05) is 163 Å². The summed E-state index contributed by atoms with van der Waals surface area (Å²) in [6.45, 7) is 0. The lowest BCUT2D eigenvalue weighted by Gasteiger charge is -2.47. The zero-order chi connectivity index (χ0) is 36.1. The van der Waals surface area contributed by atoms with Gasteiger partial charge in [0.15, 0.2) is 0 Å². The third kappa shape index (κ3) is 4.47. The van der Waals surface area contributed by atoms with Crippen molar-refractivity contribution in [3.05, 3.63) is 210 Å². The Balaban J connectivity index is 1.19. The summed E-state index contributed by atoms with van der Waals surface area (Å²) in [6, 6.07) is 71.1. The van der Waals surface area contributed by atoms with Crippen molar-refractivity contribution in [1.29, 1.82) is 0 Å². The average Bonchev–Trinajstić information content (AvgIpc) is 3.63. The van der Waals surface area contributed by atoms with Crippen LogP contribution in [0, 0.1) is 0 Å². The number of benzene rings is 9. The lowest BCUT2D eigenvalue weighted by atomic mass is 9.64. The summed E-state index contributed by atoms with van der Waals surface area (Å²) in [5.74, 6) is 0. The van der Waals surface area contributed by atoms with Gasteiger partial charge in [0.25, 0.3) is 0 Å². The summed E-state index contributed by atoms with van der Waals surface area (Å²) < 4.78 is 2.64. The van der Waals surface area contributed by atoms with Crippen LogP contribution in [0.3, 0.4) is 0 Å². The quantitative estimate of drug-likeness (QED) is 0.131. The van der Waals surface area contributed by atoms with E-state index in [-0.39, 0.29) is 0 Å². The van der Waals surface area contributed by atoms with Crippen LogP contribution in [0.1, 0.15) is 22.3 Å². The van der Waals surface area contributed by atoms with Crippen molar-refractivity contribution in [2.75, 3.05) is 4.90 Å². The third-order valence-corrected chi connectivity index (χ3v) is 16.5. The number of thiophene rings is 1. The van der Waals surface area contributed by atoms with E-state index in [0.717, 1.165) is 0 Å². The van der Waals surface area contributed by atoms with Crippen LogP contribution in [-0.4, -0.2) is 9.52 Å². The van der Waals surface area contributed by atoms with Crippen molar-refractivity contribution in [2.24, 2.45) is 0 Å². The first-order valence-electron chi connectivity index (χ1n) is 19.0. The van der Waals surface area contributed by atoms with Gasteiger partial charge in [0.2, 0.25) is 0 Å². The van der Waals surface area contributed by atoms with E-state index in [2.05, 4.69) is 193 Å². The molecule has 0 unspecified atom stereocenters. The van der Waals surface area contributed by atoms with Crippen LogP contribution in [0.15, 0.2) is 198 Å². The molecule has 258 valence electrons. The molecule has 2 aliphatic rings. The molecular formula is C51H33NS2Si. The fourth-order valence-electron chi connectivity index (χ4n) is 9.73. The fourth-order valence-corrected chi connectivity index (χ4v) is 14.4. The summed E-state index contributed by atoms with van der Waals surface area (Å²) >= 11 is 3.82. The van der Waals surface area contributed by atoms with Gasteiger partial charge in [0.1, 0.15) is 0 Å². The summed E-state index contributed by atoms with van der Waals surface area (Å²) in [4.78, 5) is 5.28. The van der Waals surface area contributed by atoms with Crippen LogP contribution in [0.2, 0.25) is 0 Å². The highest BCUT2D eigenvalue weighted by Crippen LogP contribution is 2.56. The molecule has 0 aliphatic carbocycles. The molecule has 2 aliphatic heterocycles. The lowest BCUT2D eigenvalue weighted by molar-refractivity contribution is 0.708. The molecule has 3 heterocycles. The largest absolute Gasteiger partial charge is 0.309 e. The van der Waals surface area contributed by atoms with Crippen LogP contribution in [0.4, 0.5) is 17.1 Å². The molecule has 0 saturated heterocycles. The van der Waals surface area contributed by atoms with Gasteiger partial charge in [-0.3, -0.25) is 0 Å². The van der Waals surface area contributed by atoms with Gasteiger partial charge >= 0.3 is 0 Å². The van der Waals surface area contributed by atoms with Gasteiger partial charge in [0, 0.05) is 36.6 Å². The maximum Gasteiger partial charge on any atom is 0.0911 e. The van der Waals surface area contributed by atoms with E-state index >= 15 is 0 Å². The molecule has 0 bridgehead atoms. The molecule has 0 amide bonds. The first kappa shape index (κ1) is 31.4. The van der Waals surface area contributed by atoms with E-state index in [0.29, 0.717) is 0 Å². The van der Waals surface area contributed by atoms with E-state index in [1.54, 1.807) is 0 Å². The number of fused-ring (bicyclic) bond motifs is 14. The Morgan fingerprint density at radius 3 is 1.91 bits per heavy atom. The van der Waals surface area contributed by atoms with E-state index in [1.165, 1.54) is 101 Å². The second kappa shape index (κ2) is 12.0. The zero-order valence-corrected chi connectivity index (χ0v) is 32.9. The Morgan fingerprint density at radius 2 is 1.05 bits per heavy atom. The molecule has 0 radical (unpaired) electrons. The van der Waals surface area contributed by atoms with Crippen molar-refractivity contribution in [2.45, 2.75) is 15.2 Å². The molecule has 55 heavy (non-hydrogen) atoms. The van der Waals surface area contributed by atoms with Gasteiger partial charge in [-0.25, -0.2) is 0 Å². The molecule has 4 heteroatoms. The van der Waals surface area contributed by atoms with E-state index in [1.807, 2.05) is 23.1 Å². The van der Waals surface area contributed by atoms with Gasteiger partial charge in [-0.05, 0) is 91.4 Å². The van der Waals surface area contributed by atoms with Gasteiger partial charge in [0.05, 0.1) is 25.3 Å². The van der Waals surface area contributed by atoms with Crippen LogP contribution < -0.4 is 15.3 Å². The molecule has 10 aromatic rings. The average molecular weight is 752 g/mol. The third-order valence-electron chi connectivity index (χ3n) is 12.0. The maximum atomic E-state index is 2.61. The standard InChI is InChI=1S/C51H33NS2Si/c1-2-14-35-32(13-1)27-28-33-31-34(29-30-36(33)35)52(43-21-11-16-38-37-15-3-7-23-45(37)54-49(38)43)44-22-12-20-42-50(44)55-48-26-10-6-19-41(48)51(42)39-17-4-8-24-46(39)53-47-25-9-5-18-40(47)51/h1-31H,55H2. The number of hydrogen-bond acceptors (Lipinski definition) is 3. The van der Waals surface area contributed by atoms with E-state index < -0.39 is 14.9 Å². The summed E-state index contributed by atoms with van der Waals surface area (Å²) in [6.07, 6.45) is 0. The summed E-state index contributed by atoms with van der Waals surface area (Å²) in [7, 11) is -0.937. The van der Waals surface area contributed by atoms with Gasteiger partial charge < -0.3 is 4.90 Å². The van der Waals surface area contributed by atoms with Crippen molar-refractivity contribution >= 4 is 102 Å². The maximum absolute atomic E-state index is 2.61. The van der Waals surface area contributed by atoms with E-state index in [9.17, 15) is 0 Å². The van der Waals surface area contributed by atoms with Crippen molar-refractivity contribution < 1.29 is 0 Å². The van der Waals surface area contributed by atoms with Crippen molar-refractivity contribution in [3.8, 4) is 0 Å². The lowest BCUT2D eigenvalue weighted by Crippen LogP contribution is -2.51. The normalized spacial score (nSPS) is 14.3. The predicted molar refractivity (Wildman–Crippen MR) is 239 cm³/mol. The molecular weight excluding hydrogens is 719 g/mol. The smallest absolute Gasteiger partial charge is 0.0911 e. The van der Waals surface area contributed by atoms with E-state index in [4.69, 9.17) is 0 Å². The Morgan fingerprint density at radius 1 is 0.436 bits per heavy atom. The summed E-state index contributed by atoms with van der Waals surface area (Å²) in [5, 5.41) is 10.8. The molecule has 0 fully saturated rings. The highest BCUT2D eigenvalue weighted by atomic mass is 32.2. The Kier molecular flexibility index (Phi) is 6.88. The first-order chi connectivity index (χ1) is 27.3. The van der Waals surface area contributed by atoms with Gasteiger partial charge in [-0.2, -0.15) is 0 Å². The number of nitrogens with zero attached hydrogens (tertiary/aromatic N) is 1. The van der Waals surface area contributed by atoms with Crippen molar-refractivity contribution in [3.63, 3.8) is 0 Å². The minimum Gasteiger partial charge on any atom is -0.309 e. The predicted octanol–water partition coefficient (Wildman–Crippen LogP) is 12.1. The zero-order valence-electron chi connectivity index (χ0n) is 29.9. The molecule has 0 N–H and O–H groups in total. The molecule has 1 aromatic heterocycles. The number of hydrogen-bond donors (Lipinski definition) is 0. The van der Waals surface area contributed by atoms with Gasteiger partial charge in [-0.15, -0.1) is 11.3 Å². The van der Waals surface area contributed by atoms with Crippen LogP contribution in [0.25, 0.3) is 41.7 Å². The Bertz CT molecular complexity index is 3130. The second-order valence-electron chi connectivity index (χ2n) is 14.8. The Labute approximate surface area is 330 Å². The monoisotopic (exact) mass is 751 g/mol. The molecule has 1 spiro atoms. The minimum absolute atomic E-state index is 0.427. The number of rotatable bonds is 3. The highest BCUT2D eigenvalue weighted by molar-refractivity contribution is 7.99. The SMILES string of the molecule is c1ccc2c(c1)[SiH2]c1c(N(c3ccc4c(ccc5ccccc54)c3)c3cccc4c3sc3ccccc34)cccc1C21c2ccccc2Sc2ccccc21. The minimum atomic E-state index is -0.937. The van der Waals surface area contributed by atoms with Crippen LogP contribution in [-0.2, 0) is 5.41 Å². The Hall–Kier alpha value is -5.91. The second-order valence-corrected chi connectivity index (χ2v) is 18.7. The first-order valence-corrected chi connectivity index (χ1v) is 22.0. The molecule has 0 saturated carbocycles. The topological polar surface area (TPSA) is 3.24 Å². The molecule has 9 aromatic carbocycles. The molecule has 1 nitrogen and oxygen atoms in total. The summed E-state index contributed by atoms with van der Waals surface area (Å²) in [5.41, 5.74) is 8.91. The highest BCUT2D eigenvalue weighted by Gasteiger charge is 2.48. The number of anilines is 3. The fraction of sp³-hybridized carbons (Fsp3) is 0.0196. The molecule has 12 rings (SSSR count). The van der Waals surface area contributed by atoms with Crippen molar-refractivity contribution in [1.82, 2.24) is 0 Å². The molecule has 0 atom stereocenters. The van der Waals surface area contributed by atoms with Crippen LogP contribution in [0.5, 0.6) is 0 Å². The van der Waals surface area contributed by atoms with Crippen LogP contribution >= 0.6 is 23.1 Å².